The molecule has 1 heterocycles. The second-order valence-corrected chi connectivity index (χ2v) is 8.78. The molecular formula is C30H35NO6. The van der Waals surface area contributed by atoms with Crippen LogP contribution in [0.5, 0.6) is 17.4 Å². The van der Waals surface area contributed by atoms with Gasteiger partial charge in [-0.05, 0) is 61.9 Å². The Kier molecular flexibility index (Phi) is 11.1. The van der Waals surface area contributed by atoms with Gasteiger partial charge >= 0.3 is 5.97 Å². The molecule has 2 N–H and O–H groups in total. The summed E-state index contributed by atoms with van der Waals surface area (Å²) < 4.78 is 16.7. The lowest BCUT2D eigenvalue weighted by Gasteiger charge is -2.15. The monoisotopic (exact) mass is 505 g/mol. The van der Waals surface area contributed by atoms with Gasteiger partial charge in [0.1, 0.15) is 11.5 Å². The van der Waals surface area contributed by atoms with Crippen molar-refractivity contribution in [3.05, 3.63) is 59.7 Å². The molecule has 0 saturated carbocycles. The first kappa shape index (κ1) is 27.8. The van der Waals surface area contributed by atoms with Crippen LogP contribution in [0.25, 0.3) is 10.9 Å². The van der Waals surface area contributed by atoms with Gasteiger partial charge in [-0.3, -0.25) is 4.79 Å². The van der Waals surface area contributed by atoms with Crippen molar-refractivity contribution in [2.75, 3.05) is 20.8 Å². The Balaban J connectivity index is 1.55. The number of unbranched alkanes of at least 4 members (excludes halogenated alkanes) is 3. The Morgan fingerprint density at radius 3 is 2.46 bits per heavy atom. The van der Waals surface area contributed by atoms with Gasteiger partial charge in [0.25, 0.3) is 0 Å². The van der Waals surface area contributed by atoms with Crippen LogP contribution in [0, 0.1) is 11.8 Å². The lowest BCUT2D eigenvalue weighted by Crippen LogP contribution is -2.06. The van der Waals surface area contributed by atoms with Gasteiger partial charge in [0.2, 0.25) is 5.88 Å². The fraction of sp³-hybridized carbons (Fsp3) is 0.400. The molecule has 0 aliphatic carbocycles. The number of fused-ring (bicyclic) bond motifs is 1. The van der Waals surface area contributed by atoms with Crippen molar-refractivity contribution < 1.29 is 29.2 Å². The van der Waals surface area contributed by atoms with Crippen molar-refractivity contribution in [3.63, 3.8) is 0 Å². The molecule has 0 spiro atoms. The minimum Gasteiger partial charge on any atom is -0.497 e. The van der Waals surface area contributed by atoms with Gasteiger partial charge in [-0.15, -0.1) is 11.8 Å². The highest BCUT2D eigenvalue weighted by atomic mass is 16.5. The van der Waals surface area contributed by atoms with Crippen LogP contribution in [-0.2, 0) is 11.2 Å². The van der Waals surface area contributed by atoms with Gasteiger partial charge in [-0.1, -0.05) is 18.2 Å². The summed E-state index contributed by atoms with van der Waals surface area (Å²) in [5.74, 6) is 7.07. The molecule has 3 aromatic rings. The molecule has 0 fully saturated rings. The molecule has 1 aromatic heterocycles. The molecule has 2 aromatic carbocycles. The van der Waals surface area contributed by atoms with Crippen molar-refractivity contribution in [2.24, 2.45) is 0 Å². The van der Waals surface area contributed by atoms with Crippen molar-refractivity contribution in [1.29, 1.82) is 0 Å². The molecule has 37 heavy (non-hydrogen) atoms. The molecule has 196 valence electrons. The van der Waals surface area contributed by atoms with Crippen molar-refractivity contribution in [3.8, 4) is 29.2 Å². The van der Waals surface area contributed by atoms with Crippen LogP contribution in [0.1, 0.15) is 62.2 Å². The van der Waals surface area contributed by atoms with E-state index in [9.17, 15) is 9.90 Å². The Hall–Kier alpha value is -3.76. The van der Waals surface area contributed by atoms with Crippen LogP contribution in [0.2, 0.25) is 0 Å². The normalized spacial score (nSPS) is 11.4. The summed E-state index contributed by atoms with van der Waals surface area (Å²) in [5.41, 5.74) is 2.59. The summed E-state index contributed by atoms with van der Waals surface area (Å²) in [6.07, 6.45) is 4.21. The lowest BCUT2D eigenvalue weighted by molar-refractivity contribution is -0.137. The highest BCUT2D eigenvalue weighted by molar-refractivity contribution is 5.80. The molecule has 0 amide bonds. The van der Waals surface area contributed by atoms with Gasteiger partial charge in [-0.2, -0.15) is 0 Å². The van der Waals surface area contributed by atoms with Crippen LogP contribution in [0.15, 0.2) is 48.5 Å². The van der Waals surface area contributed by atoms with Crippen LogP contribution in [0.3, 0.4) is 0 Å². The first-order valence-electron chi connectivity index (χ1n) is 12.6. The summed E-state index contributed by atoms with van der Waals surface area (Å²) in [5, 5.41) is 20.5. The number of benzene rings is 2. The highest BCUT2D eigenvalue weighted by Gasteiger charge is 2.16. The fourth-order valence-electron chi connectivity index (χ4n) is 3.95. The zero-order valence-electron chi connectivity index (χ0n) is 21.5. The number of pyridine rings is 1. The van der Waals surface area contributed by atoms with Crippen molar-refractivity contribution in [1.82, 2.24) is 4.98 Å². The number of carboxylic acids is 1. The van der Waals surface area contributed by atoms with E-state index in [0.717, 1.165) is 48.1 Å². The number of aliphatic hydroxyl groups excluding tert-OH is 1. The molecule has 1 atom stereocenters. The van der Waals surface area contributed by atoms with Gasteiger partial charge in [-0.25, -0.2) is 4.98 Å². The highest BCUT2D eigenvalue weighted by Crippen LogP contribution is 2.30. The lowest BCUT2D eigenvalue weighted by atomic mass is 10.0. The molecule has 0 saturated heterocycles. The summed E-state index contributed by atoms with van der Waals surface area (Å²) in [6.45, 7) is 0.493. The second-order valence-electron chi connectivity index (χ2n) is 8.78. The number of ether oxygens (including phenoxy) is 3. The SMILES string of the molecule is COc1cc(CCCCCOc2nc3ccccc3cc2C(O)CC#CCCCC(=O)O)cc(OC)c1. The zero-order chi connectivity index (χ0) is 26.5. The number of methoxy groups -OCH3 is 2. The predicted molar refractivity (Wildman–Crippen MR) is 143 cm³/mol. The van der Waals surface area contributed by atoms with E-state index in [1.807, 2.05) is 48.5 Å². The minimum absolute atomic E-state index is 0.0948. The second kappa shape index (κ2) is 14.7. The number of hydrogen-bond donors (Lipinski definition) is 2. The quantitative estimate of drug-likeness (QED) is 0.213. The van der Waals surface area contributed by atoms with Crippen molar-refractivity contribution in [2.45, 2.75) is 57.5 Å². The molecule has 0 bridgehead atoms. The Morgan fingerprint density at radius 1 is 0.973 bits per heavy atom. The average Bonchev–Trinajstić information content (AvgIpc) is 2.91. The summed E-state index contributed by atoms with van der Waals surface area (Å²) in [7, 11) is 3.30. The van der Waals surface area contributed by atoms with E-state index in [1.165, 1.54) is 5.56 Å². The fourth-order valence-corrected chi connectivity index (χ4v) is 3.95. The standard InChI is InChI=1S/C30H35NO6/c1-35-24-18-22(19-25(21-24)36-2)12-6-5-11-17-37-30-26(20-23-13-9-10-14-27(23)31-30)28(32)15-7-3-4-8-16-29(33)34/h9-10,13-14,18-21,28,32H,4-6,8,11-12,15-17H2,1-2H3,(H,33,34). The van der Waals surface area contributed by atoms with E-state index in [4.69, 9.17) is 19.3 Å². The molecule has 0 aliphatic rings. The molecular weight excluding hydrogens is 470 g/mol. The van der Waals surface area contributed by atoms with E-state index in [0.29, 0.717) is 30.9 Å². The maximum absolute atomic E-state index is 10.8. The molecule has 1 unspecified atom stereocenters. The average molecular weight is 506 g/mol. The summed E-state index contributed by atoms with van der Waals surface area (Å²) >= 11 is 0. The first-order chi connectivity index (χ1) is 18.0. The van der Waals surface area contributed by atoms with Gasteiger partial charge < -0.3 is 24.4 Å². The number of carbonyl (C=O) groups is 1. The Morgan fingerprint density at radius 2 is 1.73 bits per heavy atom. The number of aliphatic hydroxyl groups is 1. The van der Waals surface area contributed by atoms with Gasteiger partial charge in [0.15, 0.2) is 0 Å². The molecule has 7 heteroatoms. The van der Waals surface area contributed by atoms with Crippen LogP contribution >= 0.6 is 0 Å². The number of rotatable bonds is 14. The van der Waals surface area contributed by atoms with Gasteiger partial charge in [0.05, 0.1) is 32.4 Å². The van der Waals surface area contributed by atoms with Crippen LogP contribution in [0.4, 0.5) is 0 Å². The van der Waals surface area contributed by atoms with Crippen molar-refractivity contribution >= 4 is 16.9 Å². The number of carboxylic acid groups (broad SMARTS) is 1. The molecule has 0 aliphatic heterocycles. The van der Waals surface area contributed by atoms with E-state index in [1.54, 1.807) is 14.2 Å². The summed E-state index contributed by atoms with van der Waals surface area (Å²) in [6, 6.07) is 15.6. The third-order valence-electron chi connectivity index (χ3n) is 5.95. The number of aromatic nitrogens is 1. The molecule has 0 radical (unpaired) electrons. The van der Waals surface area contributed by atoms with Crippen LogP contribution < -0.4 is 14.2 Å². The maximum Gasteiger partial charge on any atom is 0.303 e. The van der Waals surface area contributed by atoms with E-state index >= 15 is 0 Å². The maximum atomic E-state index is 10.8. The molecule has 7 nitrogen and oxygen atoms in total. The first-order valence-corrected chi connectivity index (χ1v) is 12.6. The van der Waals surface area contributed by atoms with Gasteiger partial charge in [0, 0.05) is 36.3 Å². The predicted octanol–water partition coefficient (Wildman–Crippen LogP) is 5.73. The number of aryl methyl sites for hydroxylation is 1. The number of aliphatic carboxylic acids is 1. The number of para-hydroxylation sites is 1. The third kappa shape index (κ3) is 9.00. The Bertz CT molecular complexity index is 1210. The van der Waals surface area contributed by atoms with Crippen LogP contribution in [-0.4, -0.2) is 42.0 Å². The Labute approximate surface area is 218 Å². The van der Waals surface area contributed by atoms with E-state index < -0.39 is 12.1 Å². The zero-order valence-corrected chi connectivity index (χ0v) is 21.5. The minimum atomic E-state index is -0.845. The largest absolute Gasteiger partial charge is 0.497 e. The molecule has 3 rings (SSSR count). The van der Waals surface area contributed by atoms with E-state index in [2.05, 4.69) is 16.8 Å². The number of hydrogen-bond acceptors (Lipinski definition) is 6. The third-order valence-corrected chi connectivity index (χ3v) is 5.95. The van der Waals surface area contributed by atoms with E-state index in [-0.39, 0.29) is 12.8 Å². The topological polar surface area (TPSA) is 98.1 Å². The number of nitrogens with zero attached hydrogens (tertiary/aromatic N) is 1. The summed E-state index contributed by atoms with van der Waals surface area (Å²) in [4.78, 5) is 15.3. The smallest absolute Gasteiger partial charge is 0.303 e.